The third-order valence-corrected chi connectivity index (χ3v) is 4.24. The van der Waals surface area contributed by atoms with Crippen molar-refractivity contribution >= 4 is 34.8 Å². The molecule has 0 atom stereocenters. The van der Waals surface area contributed by atoms with E-state index in [0.717, 1.165) is 12.8 Å². The van der Waals surface area contributed by atoms with Gasteiger partial charge in [0.2, 0.25) is 5.75 Å². The number of carbonyl (C=O) groups is 1. The van der Waals surface area contributed by atoms with Crippen LogP contribution in [0.3, 0.4) is 0 Å². The van der Waals surface area contributed by atoms with Crippen LogP contribution >= 0.6 is 23.2 Å². The first kappa shape index (κ1) is 17.6. The average Bonchev–Trinajstić information content (AvgIpc) is 2.57. The van der Waals surface area contributed by atoms with Crippen LogP contribution in [0.15, 0.2) is 24.5 Å². The van der Waals surface area contributed by atoms with Crippen LogP contribution in [-0.4, -0.2) is 31.2 Å². The second-order valence-corrected chi connectivity index (χ2v) is 6.12. The number of rotatable bonds is 3. The Balaban J connectivity index is 1.98. The SMILES string of the molecule is COc1ccc(C(=O)Nc2c(Cl)cncc2Cl)c2c1OCCCCO2. The summed E-state index contributed by atoms with van der Waals surface area (Å²) in [5.74, 6) is 0.853. The normalized spacial score (nSPS) is 13.6. The number of fused-ring (bicyclic) bond motifs is 1. The molecule has 3 rings (SSSR count). The number of ether oxygens (including phenoxy) is 3. The Labute approximate surface area is 155 Å². The molecule has 8 heteroatoms. The van der Waals surface area contributed by atoms with Crippen LogP contribution in [0.2, 0.25) is 10.0 Å². The number of aromatic nitrogens is 1. The molecule has 0 saturated carbocycles. The molecule has 1 aliphatic rings. The van der Waals surface area contributed by atoms with Crippen molar-refractivity contribution in [2.75, 3.05) is 25.6 Å². The third kappa shape index (κ3) is 3.75. The van der Waals surface area contributed by atoms with Crippen molar-refractivity contribution in [2.45, 2.75) is 12.8 Å². The van der Waals surface area contributed by atoms with Crippen molar-refractivity contribution in [1.82, 2.24) is 4.98 Å². The number of anilines is 1. The zero-order valence-corrected chi connectivity index (χ0v) is 15.0. The molecule has 1 amide bonds. The fraction of sp³-hybridized carbons (Fsp3) is 0.294. The van der Waals surface area contributed by atoms with Crippen LogP contribution in [0.5, 0.6) is 17.2 Å². The van der Waals surface area contributed by atoms with Crippen LogP contribution in [0, 0.1) is 0 Å². The molecular weight excluding hydrogens is 367 g/mol. The van der Waals surface area contributed by atoms with E-state index >= 15 is 0 Å². The van der Waals surface area contributed by atoms with E-state index in [1.165, 1.54) is 19.5 Å². The van der Waals surface area contributed by atoms with E-state index in [1.807, 2.05) is 0 Å². The summed E-state index contributed by atoms with van der Waals surface area (Å²) in [5, 5.41) is 3.19. The topological polar surface area (TPSA) is 69.7 Å². The molecule has 2 heterocycles. The number of nitrogens with one attached hydrogen (secondary N) is 1. The van der Waals surface area contributed by atoms with E-state index in [1.54, 1.807) is 12.1 Å². The van der Waals surface area contributed by atoms with Crippen molar-refractivity contribution in [3.8, 4) is 17.2 Å². The van der Waals surface area contributed by atoms with Gasteiger partial charge in [-0.1, -0.05) is 23.2 Å². The highest BCUT2D eigenvalue weighted by molar-refractivity contribution is 6.39. The molecule has 6 nitrogen and oxygen atoms in total. The molecule has 25 heavy (non-hydrogen) atoms. The lowest BCUT2D eigenvalue weighted by Crippen LogP contribution is -2.17. The largest absolute Gasteiger partial charge is 0.493 e. The fourth-order valence-electron chi connectivity index (χ4n) is 2.43. The molecule has 0 spiro atoms. The predicted molar refractivity (Wildman–Crippen MR) is 95.4 cm³/mol. The molecule has 1 aromatic heterocycles. The Morgan fingerprint density at radius 1 is 1.12 bits per heavy atom. The lowest BCUT2D eigenvalue weighted by atomic mass is 10.1. The summed E-state index contributed by atoms with van der Waals surface area (Å²) in [6.45, 7) is 1.01. The van der Waals surface area contributed by atoms with Gasteiger partial charge in [0.1, 0.15) is 0 Å². The van der Waals surface area contributed by atoms with Crippen molar-refractivity contribution in [1.29, 1.82) is 0 Å². The highest BCUT2D eigenvalue weighted by Gasteiger charge is 2.24. The standard InChI is InChI=1S/C17H16Cl2N2O4/c1-23-13-5-4-10(15-16(13)25-7-3-2-6-24-15)17(22)21-14-11(18)8-20-9-12(14)19/h4-5,8-9H,2-3,6-7H2,1H3,(H,20,21,22). The summed E-state index contributed by atoms with van der Waals surface area (Å²) in [4.78, 5) is 16.6. The first-order valence-corrected chi connectivity index (χ1v) is 8.44. The highest BCUT2D eigenvalue weighted by Crippen LogP contribution is 2.42. The van der Waals surface area contributed by atoms with Gasteiger partial charge in [-0.05, 0) is 25.0 Å². The Morgan fingerprint density at radius 2 is 1.76 bits per heavy atom. The molecular formula is C17H16Cl2N2O4. The van der Waals surface area contributed by atoms with Gasteiger partial charge in [0.15, 0.2) is 11.5 Å². The van der Waals surface area contributed by atoms with E-state index in [9.17, 15) is 4.79 Å². The maximum absolute atomic E-state index is 12.8. The quantitative estimate of drug-likeness (QED) is 0.860. The average molecular weight is 383 g/mol. The minimum absolute atomic E-state index is 0.245. The Hall–Kier alpha value is -2.18. The van der Waals surface area contributed by atoms with Gasteiger partial charge >= 0.3 is 0 Å². The van der Waals surface area contributed by atoms with Gasteiger partial charge in [0, 0.05) is 12.4 Å². The summed E-state index contributed by atoms with van der Waals surface area (Å²) in [5.41, 5.74) is 0.598. The zero-order valence-electron chi connectivity index (χ0n) is 13.5. The first-order valence-electron chi connectivity index (χ1n) is 7.68. The van der Waals surface area contributed by atoms with Crippen LogP contribution in [-0.2, 0) is 0 Å². The Morgan fingerprint density at radius 3 is 2.40 bits per heavy atom. The van der Waals surface area contributed by atoms with Crippen LogP contribution in [0.25, 0.3) is 0 Å². The smallest absolute Gasteiger partial charge is 0.259 e. The number of benzene rings is 1. The van der Waals surface area contributed by atoms with Gasteiger partial charge in [-0.3, -0.25) is 9.78 Å². The molecule has 2 aromatic rings. The minimum atomic E-state index is -0.418. The predicted octanol–water partition coefficient (Wildman–Crippen LogP) is 4.20. The molecule has 1 N–H and O–H groups in total. The van der Waals surface area contributed by atoms with E-state index in [2.05, 4.69) is 10.3 Å². The molecule has 0 bridgehead atoms. The fourth-order valence-corrected chi connectivity index (χ4v) is 2.89. The molecule has 0 fully saturated rings. The molecule has 0 aliphatic carbocycles. The van der Waals surface area contributed by atoms with E-state index < -0.39 is 5.91 Å². The minimum Gasteiger partial charge on any atom is -0.493 e. The lowest BCUT2D eigenvalue weighted by molar-refractivity contribution is 0.102. The van der Waals surface area contributed by atoms with Crippen molar-refractivity contribution in [2.24, 2.45) is 0 Å². The summed E-state index contributed by atoms with van der Waals surface area (Å²) in [7, 11) is 1.54. The Kier molecular flexibility index (Phi) is 5.50. The number of hydrogen-bond acceptors (Lipinski definition) is 5. The van der Waals surface area contributed by atoms with Crippen molar-refractivity contribution in [3.05, 3.63) is 40.1 Å². The summed E-state index contributed by atoms with van der Waals surface area (Å²) >= 11 is 12.1. The molecule has 0 saturated heterocycles. The zero-order chi connectivity index (χ0) is 17.8. The van der Waals surface area contributed by atoms with E-state index in [0.29, 0.717) is 41.7 Å². The number of hydrogen-bond donors (Lipinski definition) is 1. The maximum Gasteiger partial charge on any atom is 0.259 e. The van der Waals surface area contributed by atoms with Crippen molar-refractivity contribution < 1.29 is 19.0 Å². The number of amides is 1. The maximum atomic E-state index is 12.8. The molecule has 1 aliphatic heterocycles. The molecule has 132 valence electrons. The summed E-state index contributed by atoms with van der Waals surface area (Å²) in [6.07, 6.45) is 4.50. The van der Waals surface area contributed by atoms with E-state index in [4.69, 9.17) is 37.4 Å². The number of nitrogens with zero attached hydrogens (tertiary/aromatic N) is 1. The van der Waals surface area contributed by atoms with Crippen LogP contribution < -0.4 is 19.5 Å². The Bertz CT molecular complexity index is 778. The molecule has 0 radical (unpaired) electrons. The number of carbonyl (C=O) groups excluding carboxylic acids is 1. The second-order valence-electron chi connectivity index (χ2n) is 5.31. The van der Waals surface area contributed by atoms with Gasteiger partial charge in [-0.15, -0.1) is 0 Å². The van der Waals surface area contributed by atoms with Gasteiger partial charge < -0.3 is 19.5 Å². The molecule has 0 unspecified atom stereocenters. The van der Waals surface area contributed by atoms with E-state index in [-0.39, 0.29) is 10.0 Å². The third-order valence-electron chi connectivity index (χ3n) is 3.66. The summed E-state index contributed by atoms with van der Waals surface area (Å²) in [6, 6.07) is 3.27. The van der Waals surface area contributed by atoms with Gasteiger partial charge in [0.05, 0.1) is 41.6 Å². The lowest BCUT2D eigenvalue weighted by Gasteiger charge is -2.21. The number of methoxy groups -OCH3 is 1. The van der Waals surface area contributed by atoms with Gasteiger partial charge in [0.25, 0.3) is 5.91 Å². The number of pyridine rings is 1. The van der Waals surface area contributed by atoms with Crippen LogP contribution in [0.1, 0.15) is 23.2 Å². The second kappa shape index (κ2) is 7.80. The van der Waals surface area contributed by atoms with Gasteiger partial charge in [-0.25, -0.2) is 0 Å². The van der Waals surface area contributed by atoms with Gasteiger partial charge in [-0.2, -0.15) is 0 Å². The van der Waals surface area contributed by atoms with Crippen LogP contribution in [0.4, 0.5) is 5.69 Å². The number of halogens is 2. The summed E-state index contributed by atoms with van der Waals surface area (Å²) < 4.78 is 16.8. The monoisotopic (exact) mass is 382 g/mol. The molecule has 1 aromatic carbocycles. The highest BCUT2D eigenvalue weighted by atomic mass is 35.5. The first-order chi connectivity index (χ1) is 12.1. The van der Waals surface area contributed by atoms with Crippen molar-refractivity contribution in [3.63, 3.8) is 0 Å².